The molecule has 96 valence electrons. The zero-order valence-electron chi connectivity index (χ0n) is 10.5. The van der Waals surface area contributed by atoms with Crippen molar-refractivity contribution in [2.24, 2.45) is 9.98 Å². The highest BCUT2D eigenvalue weighted by Gasteiger charge is 1.92. The van der Waals surface area contributed by atoms with E-state index >= 15 is 0 Å². The molecule has 0 aromatic carbocycles. The lowest BCUT2D eigenvalue weighted by molar-refractivity contribution is 0.563. The minimum absolute atomic E-state index is 0.851. The van der Waals surface area contributed by atoms with Crippen molar-refractivity contribution < 1.29 is 0 Å². The molecule has 0 amide bonds. The van der Waals surface area contributed by atoms with Crippen LogP contribution in [-0.4, -0.2) is 23.4 Å². The quantitative estimate of drug-likeness (QED) is 0.291. The number of hydrogen-bond donors (Lipinski definition) is 0. The molecule has 0 rings (SSSR count). The number of nitrogens with zero attached hydrogens (tertiary/aromatic N) is 2. The third kappa shape index (κ3) is 15.6. The van der Waals surface area contributed by atoms with Crippen molar-refractivity contribution in [1.82, 2.24) is 0 Å². The molecule has 0 bridgehead atoms. The number of unbranched alkanes of at least 4 members (excludes halogenated alkanes) is 8. The van der Waals surface area contributed by atoms with Gasteiger partial charge in [-0.15, -0.1) is 0 Å². The molecule has 17 heavy (non-hydrogen) atoms. The van der Waals surface area contributed by atoms with Crippen molar-refractivity contribution in [3.8, 4) is 0 Å². The van der Waals surface area contributed by atoms with Crippen LogP contribution in [-0.2, 0) is 0 Å². The number of isothiocyanates is 2. The van der Waals surface area contributed by atoms with E-state index in [2.05, 4.69) is 44.7 Å². The van der Waals surface area contributed by atoms with Crippen LogP contribution in [0.15, 0.2) is 9.98 Å². The molecule has 0 aromatic heterocycles. The van der Waals surface area contributed by atoms with Crippen LogP contribution in [0.4, 0.5) is 0 Å². The summed E-state index contributed by atoms with van der Waals surface area (Å²) in [5, 5.41) is 4.79. The van der Waals surface area contributed by atoms with Gasteiger partial charge in [0, 0.05) is 13.1 Å². The number of thiocarbonyl (C=S) groups is 2. The Balaban J connectivity index is 2.98. The first-order chi connectivity index (χ1) is 8.41. The fraction of sp³-hybridized carbons (Fsp3) is 0.846. The second-order valence-corrected chi connectivity index (χ2v) is 4.49. The van der Waals surface area contributed by atoms with Gasteiger partial charge in [-0.05, 0) is 37.3 Å². The van der Waals surface area contributed by atoms with Crippen molar-refractivity contribution in [3.63, 3.8) is 0 Å². The second-order valence-electron chi connectivity index (χ2n) is 4.13. The highest BCUT2D eigenvalue weighted by Crippen LogP contribution is 2.09. The van der Waals surface area contributed by atoms with Crippen LogP contribution in [0, 0.1) is 0 Å². The number of aliphatic imine (C=N–C) groups is 2. The molecule has 0 radical (unpaired) electrons. The second kappa shape index (κ2) is 15.6. The average molecular weight is 270 g/mol. The fourth-order valence-corrected chi connectivity index (χ4v) is 1.89. The summed E-state index contributed by atoms with van der Waals surface area (Å²) in [5.41, 5.74) is 0. The van der Waals surface area contributed by atoms with E-state index in [1.54, 1.807) is 0 Å². The summed E-state index contributed by atoms with van der Waals surface area (Å²) < 4.78 is 0. The summed E-state index contributed by atoms with van der Waals surface area (Å²) in [7, 11) is 0. The molecular weight excluding hydrogens is 248 g/mol. The highest BCUT2D eigenvalue weighted by atomic mass is 32.1. The monoisotopic (exact) mass is 270 g/mol. The van der Waals surface area contributed by atoms with E-state index in [-0.39, 0.29) is 0 Å². The SMILES string of the molecule is S=C=NCCCCCCCCCCCN=C=S. The Morgan fingerprint density at radius 3 is 1.12 bits per heavy atom. The predicted molar refractivity (Wildman–Crippen MR) is 81.3 cm³/mol. The lowest BCUT2D eigenvalue weighted by atomic mass is 10.1. The molecule has 0 spiro atoms. The Morgan fingerprint density at radius 1 is 0.529 bits per heavy atom. The Labute approximate surface area is 116 Å². The molecule has 0 saturated carbocycles. The first-order valence-electron chi connectivity index (χ1n) is 6.49. The number of rotatable bonds is 12. The Hall–Kier alpha value is -0.400. The largest absolute Gasteiger partial charge is 0.233 e. The van der Waals surface area contributed by atoms with Gasteiger partial charge in [-0.3, -0.25) is 0 Å². The smallest absolute Gasteiger partial charge is 0.0584 e. The van der Waals surface area contributed by atoms with E-state index in [0.717, 1.165) is 25.9 Å². The first kappa shape index (κ1) is 16.6. The van der Waals surface area contributed by atoms with Gasteiger partial charge in [0.2, 0.25) is 0 Å². The molecule has 0 aliphatic rings. The first-order valence-corrected chi connectivity index (χ1v) is 7.30. The van der Waals surface area contributed by atoms with Gasteiger partial charge in [0.15, 0.2) is 0 Å². The zero-order valence-corrected chi connectivity index (χ0v) is 12.1. The van der Waals surface area contributed by atoms with Gasteiger partial charge in [-0.25, -0.2) is 9.98 Å². The molecule has 2 nitrogen and oxygen atoms in total. The van der Waals surface area contributed by atoms with Crippen LogP contribution in [0.5, 0.6) is 0 Å². The van der Waals surface area contributed by atoms with Gasteiger partial charge in [0.05, 0.1) is 10.3 Å². The molecule has 0 N–H and O–H groups in total. The summed E-state index contributed by atoms with van der Waals surface area (Å²) >= 11 is 9.01. The summed E-state index contributed by atoms with van der Waals surface area (Å²) in [6.45, 7) is 1.70. The van der Waals surface area contributed by atoms with Crippen molar-refractivity contribution in [1.29, 1.82) is 0 Å². The molecule has 0 fully saturated rings. The summed E-state index contributed by atoms with van der Waals surface area (Å²) in [5.74, 6) is 0. The van der Waals surface area contributed by atoms with Crippen molar-refractivity contribution in [2.75, 3.05) is 13.1 Å². The topological polar surface area (TPSA) is 24.7 Å². The van der Waals surface area contributed by atoms with Crippen molar-refractivity contribution in [3.05, 3.63) is 0 Å². The van der Waals surface area contributed by atoms with Crippen LogP contribution in [0.3, 0.4) is 0 Å². The standard InChI is InChI=1S/C13H22N2S2/c16-12-14-10-8-6-4-2-1-3-5-7-9-11-15-13-17/h1-11H2. The van der Waals surface area contributed by atoms with Gasteiger partial charge in [0.25, 0.3) is 0 Å². The van der Waals surface area contributed by atoms with E-state index in [1.165, 1.54) is 44.9 Å². The highest BCUT2D eigenvalue weighted by molar-refractivity contribution is 7.78. The lowest BCUT2D eigenvalue weighted by Crippen LogP contribution is -1.85. The Bertz CT molecular complexity index is 228. The minimum Gasteiger partial charge on any atom is -0.233 e. The van der Waals surface area contributed by atoms with Gasteiger partial charge in [-0.1, -0.05) is 44.9 Å². The lowest BCUT2D eigenvalue weighted by Gasteiger charge is -2.00. The Morgan fingerprint density at radius 2 is 0.824 bits per heavy atom. The van der Waals surface area contributed by atoms with Gasteiger partial charge in [-0.2, -0.15) is 0 Å². The maximum absolute atomic E-state index is 4.51. The van der Waals surface area contributed by atoms with Gasteiger partial charge < -0.3 is 0 Å². The third-order valence-electron chi connectivity index (χ3n) is 2.67. The third-order valence-corrected chi connectivity index (χ3v) is 2.93. The molecule has 0 heterocycles. The van der Waals surface area contributed by atoms with Crippen LogP contribution in [0.1, 0.15) is 57.8 Å². The molecule has 4 heteroatoms. The number of hydrogen-bond acceptors (Lipinski definition) is 4. The zero-order chi connectivity index (χ0) is 12.6. The van der Waals surface area contributed by atoms with Crippen LogP contribution >= 0.6 is 24.4 Å². The van der Waals surface area contributed by atoms with E-state index < -0.39 is 0 Å². The van der Waals surface area contributed by atoms with Crippen LogP contribution in [0.25, 0.3) is 0 Å². The molecule has 0 aliphatic heterocycles. The minimum atomic E-state index is 0.851. The average Bonchev–Trinajstić information content (AvgIpc) is 2.35. The maximum atomic E-state index is 4.51. The molecule has 0 aliphatic carbocycles. The van der Waals surface area contributed by atoms with Gasteiger partial charge >= 0.3 is 0 Å². The summed E-state index contributed by atoms with van der Waals surface area (Å²) in [6.07, 6.45) is 11.5. The molecule has 0 aromatic rings. The van der Waals surface area contributed by atoms with E-state index in [4.69, 9.17) is 0 Å². The Kier molecular flexibility index (Phi) is 15.2. The van der Waals surface area contributed by atoms with E-state index in [1.807, 2.05) is 0 Å². The fourth-order valence-electron chi connectivity index (χ4n) is 1.71. The predicted octanol–water partition coefficient (Wildman–Crippen LogP) is 4.70. The van der Waals surface area contributed by atoms with Crippen molar-refractivity contribution in [2.45, 2.75) is 57.8 Å². The van der Waals surface area contributed by atoms with Crippen molar-refractivity contribution >= 4 is 34.8 Å². The summed E-state index contributed by atoms with van der Waals surface area (Å²) in [4.78, 5) is 7.80. The van der Waals surface area contributed by atoms with Crippen LogP contribution in [0.2, 0.25) is 0 Å². The summed E-state index contributed by atoms with van der Waals surface area (Å²) in [6, 6.07) is 0. The molecule has 0 unspecified atom stereocenters. The molecular formula is C13H22N2S2. The molecule has 0 saturated heterocycles. The maximum Gasteiger partial charge on any atom is 0.0584 e. The van der Waals surface area contributed by atoms with Gasteiger partial charge in [0.1, 0.15) is 0 Å². The molecule has 0 atom stereocenters. The van der Waals surface area contributed by atoms with E-state index in [0.29, 0.717) is 0 Å². The normalized spacial score (nSPS) is 9.41. The van der Waals surface area contributed by atoms with E-state index in [9.17, 15) is 0 Å². The van der Waals surface area contributed by atoms with Crippen LogP contribution < -0.4 is 0 Å².